The van der Waals surface area contributed by atoms with E-state index in [1.807, 2.05) is 0 Å². The van der Waals surface area contributed by atoms with E-state index in [2.05, 4.69) is 5.10 Å². The Morgan fingerprint density at radius 1 is 1.79 bits per heavy atom. The van der Waals surface area contributed by atoms with Crippen LogP contribution in [0.25, 0.3) is 0 Å². The smallest absolute Gasteiger partial charge is 0.411 e. The summed E-state index contributed by atoms with van der Waals surface area (Å²) < 4.78 is 1.58. The van der Waals surface area contributed by atoms with Crippen molar-refractivity contribution < 1.29 is 9.90 Å². The third-order valence-corrected chi connectivity index (χ3v) is 1.86. The minimum atomic E-state index is -1.01. The van der Waals surface area contributed by atoms with Crippen molar-refractivity contribution in [2.24, 2.45) is 12.8 Å². The molecule has 0 aromatic carbocycles. The lowest BCUT2D eigenvalue weighted by molar-refractivity contribution is 0.202. The second kappa shape index (κ2) is 4.10. The van der Waals surface area contributed by atoms with E-state index in [0.29, 0.717) is 17.9 Å². The first-order valence-electron chi connectivity index (χ1n) is 4.27. The molecule has 3 N–H and O–H groups in total. The molecule has 0 saturated heterocycles. The number of amides is 1. The van der Waals surface area contributed by atoms with Crippen LogP contribution in [0.1, 0.15) is 5.69 Å². The van der Waals surface area contributed by atoms with Crippen LogP contribution in [0.15, 0.2) is 6.20 Å². The van der Waals surface area contributed by atoms with Gasteiger partial charge in [0.15, 0.2) is 0 Å². The normalized spacial score (nSPS) is 10.2. The molecule has 0 unspecified atom stereocenters. The van der Waals surface area contributed by atoms with Crippen LogP contribution < -0.4 is 10.6 Å². The fraction of sp³-hybridized carbons (Fsp3) is 0.500. The Labute approximate surface area is 81.9 Å². The summed E-state index contributed by atoms with van der Waals surface area (Å²) in [6, 6.07) is 0. The SMILES string of the molecule is Cc1nn(C)cc1N(CCN)C(=O)O. The van der Waals surface area contributed by atoms with Crippen molar-refractivity contribution in [3.05, 3.63) is 11.9 Å². The fourth-order valence-corrected chi connectivity index (χ4v) is 1.30. The Kier molecular flexibility index (Phi) is 3.08. The summed E-state index contributed by atoms with van der Waals surface area (Å²) in [6.07, 6.45) is 0.658. The summed E-state index contributed by atoms with van der Waals surface area (Å²) in [6.45, 7) is 2.34. The third-order valence-electron chi connectivity index (χ3n) is 1.86. The number of aromatic nitrogens is 2. The molecule has 0 radical (unpaired) electrons. The molecule has 1 rings (SSSR count). The molecule has 0 bridgehead atoms. The molecule has 0 atom stereocenters. The number of hydrogen-bond acceptors (Lipinski definition) is 3. The molecule has 0 aliphatic carbocycles. The van der Waals surface area contributed by atoms with Gasteiger partial charge in [-0.25, -0.2) is 4.79 Å². The molecule has 0 aliphatic heterocycles. The van der Waals surface area contributed by atoms with Gasteiger partial charge in [0.05, 0.1) is 11.4 Å². The van der Waals surface area contributed by atoms with Crippen molar-refractivity contribution in [2.75, 3.05) is 18.0 Å². The van der Waals surface area contributed by atoms with Crippen LogP contribution in [0.3, 0.4) is 0 Å². The van der Waals surface area contributed by atoms with Crippen molar-refractivity contribution in [1.82, 2.24) is 9.78 Å². The molecule has 6 nitrogen and oxygen atoms in total. The lowest BCUT2D eigenvalue weighted by Crippen LogP contribution is -2.34. The van der Waals surface area contributed by atoms with E-state index in [-0.39, 0.29) is 6.54 Å². The highest BCUT2D eigenvalue weighted by Crippen LogP contribution is 2.17. The van der Waals surface area contributed by atoms with E-state index < -0.39 is 6.09 Å². The fourth-order valence-electron chi connectivity index (χ4n) is 1.30. The van der Waals surface area contributed by atoms with Gasteiger partial charge in [0, 0.05) is 26.3 Å². The number of anilines is 1. The average Bonchev–Trinajstić information content (AvgIpc) is 2.40. The van der Waals surface area contributed by atoms with Gasteiger partial charge < -0.3 is 10.8 Å². The molecule has 0 spiro atoms. The average molecular weight is 198 g/mol. The predicted octanol–water partition coefficient (Wildman–Crippen LogP) is 0.172. The van der Waals surface area contributed by atoms with Gasteiger partial charge in [-0.1, -0.05) is 0 Å². The molecule has 1 heterocycles. The Hall–Kier alpha value is -1.56. The molecule has 6 heteroatoms. The maximum atomic E-state index is 10.9. The standard InChI is InChI=1S/C8H14N4O2/c1-6-7(5-11(2)10-6)12(4-3-9)8(13)14/h5H,3-4,9H2,1-2H3,(H,13,14). The van der Waals surface area contributed by atoms with Gasteiger partial charge >= 0.3 is 6.09 Å². The van der Waals surface area contributed by atoms with E-state index in [4.69, 9.17) is 10.8 Å². The first-order chi connectivity index (χ1) is 6.56. The Bertz CT molecular complexity index is 334. The van der Waals surface area contributed by atoms with Gasteiger partial charge in [-0.2, -0.15) is 5.10 Å². The van der Waals surface area contributed by atoms with Gasteiger partial charge in [-0.15, -0.1) is 0 Å². The number of aryl methyl sites for hydroxylation is 2. The molecule has 0 fully saturated rings. The lowest BCUT2D eigenvalue weighted by Gasteiger charge is -2.16. The van der Waals surface area contributed by atoms with Crippen LogP contribution >= 0.6 is 0 Å². The van der Waals surface area contributed by atoms with Gasteiger partial charge in [-0.3, -0.25) is 9.58 Å². The molecule has 14 heavy (non-hydrogen) atoms. The molecule has 1 aromatic rings. The number of rotatable bonds is 3. The van der Waals surface area contributed by atoms with E-state index in [1.54, 1.807) is 24.9 Å². The van der Waals surface area contributed by atoms with Gasteiger partial charge in [0.2, 0.25) is 0 Å². The van der Waals surface area contributed by atoms with E-state index >= 15 is 0 Å². The van der Waals surface area contributed by atoms with E-state index in [9.17, 15) is 4.79 Å². The summed E-state index contributed by atoms with van der Waals surface area (Å²) in [7, 11) is 1.75. The summed E-state index contributed by atoms with van der Waals surface area (Å²) in [5, 5.41) is 13.0. The molecular formula is C8H14N4O2. The topological polar surface area (TPSA) is 84.4 Å². The van der Waals surface area contributed by atoms with Crippen LogP contribution in [-0.2, 0) is 7.05 Å². The number of carbonyl (C=O) groups is 1. The van der Waals surface area contributed by atoms with Gasteiger partial charge in [0.1, 0.15) is 0 Å². The lowest BCUT2D eigenvalue weighted by atomic mass is 10.3. The second-order valence-electron chi connectivity index (χ2n) is 3.00. The maximum absolute atomic E-state index is 10.9. The number of nitrogens with zero attached hydrogens (tertiary/aromatic N) is 3. The summed E-state index contributed by atoms with van der Waals surface area (Å²) >= 11 is 0. The van der Waals surface area contributed by atoms with Crippen LogP contribution in [0.4, 0.5) is 10.5 Å². The van der Waals surface area contributed by atoms with Crippen molar-refractivity contribution in [2.45, 2.75) is 6.92 Å². The highest BCUT2D eigenvalue weighted by Gasteiger charge is 2.17. The van der Waals surface area contributed by atoms with Crippen molar-refractivity contribution in [1.29, 1.82) is 0 Å². The third kappa shape index (κ3) is 2.02. The largest absolute Gasteiger partial charge is 0.465 e. The van der Waals surface area contributed by atoms with Crippen LogP contribution in [0.5, 0.6) is 0 Å². The zero-order valence-electron chi connectivity index (χ0n) is 8.27. The number of hydrogen-bond donors (Lipinski definition) is 2. The van der Waals surface area contributed by atoms with Crippen LogP contribution in [0.2, 0.25) is 0 Å². The monoisotopic (exact) mass is 198 g/mol. The first kappa shape index (κ1) is 10.5. The zero-order chi connectivity index (χ0) is 10.7. The second-order valence-corrected chi connectivity index (χ2v) is 3.00. The van der Waals surface area contributed by atoms with E-state index in [0.717, 1.165) is 0 Å². The summed E-state index contributed by atoms with van der Waals surface area (Å²) in [4.78, 5) is 12.1. The van der Waals surface area contributed by atoms with Crippen LogP contribution in [-0.4, -0.2) is 34.1 Å². The Morgan fingerprint density at radius 2 is 2.43 bits per heavy atom. The van der Waals surface area contributed by atoms with Crippen molar-refractivity contribution in [3.8, 4) is 0 Å². The highest BCUT2D eigenvalue weighted by atomic mass is 16.4. The molecular weight excluding hydrogens is 184 g/mol. The highest BCUT2D eigenvalue weighted by molar-refractivity contribution is 5.86. The molecule has 78 valence electrons. The quantitative estimate of drug-likeness (QED) is 0.725. The predicted molar refractivity (Wildman–Crippen MR) is 52.4 cm³/mol. The zero-order valence-corrected chi connectivity index (χ0v) is 8.27. The minimum absolute atomic E-state index is 0.280. The Morgan fingerprint density at radius 3 is 2.79 bits per heavy atom. The number of carboxylic acid groups (broad SMARTS) is 1. The maximum Gasteiger partial charge on any atom is 0.411 e. The molecule has 0 aliphatic rings. The van der Waals surface area contributed by atoms with Crippen molar-refractivity contribution >= 4 is 11.8 Å². The van der Waals surface area contributed by atoms with Crippen LogP contribution in [0, 0.1) is 6.92 Å². The van der Waals surface area contributed by atoms with Gasteiger partial charge in [0.25, 0.3) is 0 Å². The first-order valence-corrected chi connectivity index (χ1v) is 4.27. The molecule has 0 saturated carbocycles. The minimum Gasteiger partial charge on any atom is -0.465 e. The molecule has 1 amide bonds. The number of nitrogens with two attached hydrogens (primary N) is 1. The summed E-state index contributed by atoms with van der Waals surface area (Å²) in [5.74, 6) is 0. The molecule has 1 aromatic heterocycles. The van der Waals surface area contributed by atoms with Gasteiger partial charge in [-0.05, 0) is 6.92 Å². The Balaban J connectivity index is 2.98. The van der Waals surface area contributed by atoms with E-state index in [1.165, 1.54) is 4.90 Å². The van der Waals surface area contributed by atoms with Crippen molar-refractivity contribution in [3.63, 3.8) is 0 Å². The summed E-state index contributed by atoms with van der Waals surface area (Å²) in [5.41, 5.74) is 6.60.